The predicted molar refractivity (Wildman–Crippen MR) is 96.6 cm³/mol. The van der Waals surface area contributed by atoms with Gasteiger partial charge in [0.15, 0.2) is 17.0 Å². The third-order valence-corrected chi connectivity index (χ3v) is 5.67. The van der Waals surface area contributed by atoms with E-state index in [1.165, 1.54) is 10.6 Å². The number of nitrogens with two attached hydrogens (primary N) is 1. The topological polar surface area (TPSA) is 107 Å². The molecule has 8 nitrogen and oxygen atoms in total. The third kappa shape index (κ3) is 2.42. The Morgan fingerprint density at radius 3 is 2.80 bits per heavy atom. The molecule has 1 unspecified atom stereocenters. The average Bonchev–Trinajstić information content (AvgIpc) is 3.06. The second kappa shape index (κ2) is 5.30. The number of sulfonamides is 1. The summed E-state index contributed by atoms with van der Waals surface area (Å²) in [4.78, 5) is 12.4. The van der Waals surface area contributed by atoms with Gasteiger partial charge < -0.3 is 5.73 Å². The molecule has 0 amide bonds. The van der Waals surface area contributed by atoms with Crippen LogP contribution in [0.2, 0.25) is 5.28 Å². The predicted octanol–water partition coefficient (Wildman–Crippen LogP) is 1.76. The molecule has 0 spiro atoms. The molecule has 130 valence electrons. The molecule has 0 saturated carbocycles. The number of fused-ring (bicyclic) bond motifs is 2. The van der Waals surface area contributed by atoms with E-state index in [0.717, 1.165) is 5.56 Å². The van der Waals surface area contributed by atoms with E-state index in [2.05, 4.69) is 15.0 Å². The zero-order valence-corrected chi connectivity index (χ0v) is 15.1. The molecule has 1 aromatic carbocycles. The smallest absolute Gasteiger partial charge is 0.232 e. The minimum absolute atomic E-state index is 0.00710. The van der Waals surface area contributed by atoms with Crippen LogP contribution in [0.3, 0.4) is 0 Å². The summed E-state index contributed by atoms with van der Waals surface area (Å²) < 4.78 is 27.8. The summed E-state index contributed by atoms with van der Waals surface area (Å²) in [7, 11) is -3.43. The molecule has 0 fully saturated rings. The fraction of sp³-hybridized carbons (Fsp3) is 0.267. The van der Waals surface area contributed by atoms with Crippen LogP contribution in [-0.2, 0) is 16.4 Å². The van der Waals surface area contributed by atoms with E-state index in [0.29, 0.717) is 29.0 Å². The van der Waals surface area contributed by atoms with Crippen LogP contribution < -0.4 is 10.0 Å². The molecule has 3 aromatic rings. The van der Waals surface area contributed by atoms with Gasteiger partial charge in [0.1, 0.15) is 6.33 Å². The van der Waals surface area contributed by atoms with Crippen LogP contribution in [0.5, 0.6) is 0 Å². The highest BCUT2D eigenvalue weighted by molar-refractivity contribution is 7.92. The van der Waals surface area contributed by atoms with Gasteiger partial charge in [-0.05, 0) is 36.6 Å². The van der Waals surface area contributed by atoms with Gasteiger partial charge in [-0.1, -0.05) is 12.1 Å². The van der Waals surface area contributed by atoms with Crippen molar-refractivity contribution in [2.75, 3.05) is 16.3 Å². The van der Waals surface area contributed by atoms with Gasteiger partial charge in [0.05, 0.1) is 17.6 Å². The Morgan fingerprint density at radius 1 is 1.32 bits per heavy atom. The van der Waals surface area contributed by atoms with Gasteiger partial charge >= 0.3 is 0 Å². The summed E-state index contributed by atoms with van der Waals surface area (Å²) in [5, 5.41) is 0.00710. The third-order valence-electron chi connectivity index (χ3n) is 4.25. The van der Waals surface area contributed by atoms with Gasteiger partial charge in [-0.2, -0.15) is 9.97 Å². The number of nitrogen functional groups attached to an aromatic ring is 1. The van der Waals surface area contributed by atoms with Crippen molar-refractivity contribution in [3.8, 4) is 5.69 Å². The van der Waals surface area contributed by atoms with E-state index < -0.39 is 10.0 Å². The number of benzene rings is 1. The Kier molecular flexibility index (Phi) is 3.41. The molecular formula is C15H15ClN6O2S. The average molecular weight is 379 g/mol. The minimum atomic E-state index is -3.43. The van der Waals surface area contributed by atoms with Crippen LogP contribution in [0.1, 0.15) is 12.5 Å². The summed E-state index contributed by atoms with van der Waals surface area (Å²) >= 11 is 5.93. The van der Waals surface area contributed by atoms with Crippen molar-refractivity contribution in [3.63, 3.8) is 0 Å². The number of para-hydroxylation sites is 1. The molecular weight excluding hydrogens is 364 g/mol. The first kappa shape index (κ1) is 16.1. The maximum Gasteiger partial charge on any atom is 0.232 e. The lowest BCUT2D eigenvalue weighted by Gasteiger charge is -2.24. The lowest BCUT2D eigenvalue weighted by atomic mass is 10.1. The number of aromatic nitrogens is 4. The van der Waals surface area contributed by atoms with E-state index in [4.69, 9.17) is 17.3 Å². The van der Waals surface area contributed by atoms with E-state index in [9.17, 15) is 8.42 Å². The summed E-state index contributed by atoms with van der Waals surface area (Å²) in [5.41, 5.74) is 8.94. The van der Waals surface area contributed by atoms with E-state index >= 15 is 0 Å². The molecule has 4 rings (SSSR count). The van der Waals surface area contributed by atoms with Crippen LogP contribution in [0.15, 0.2) is 24.5 Å². The second-order valence-corrected chi connectivity index (χ2v) is 8.26. The van der Waals surface area contributed by atoms with Crippen LogP contribution in [-0.4, -0.2) is 40.2 Å². The van der Waals surface area contributed by atoms with Gasteiger partial charge in [-0.15, -0.1) is 0 Å². The number of nitrogens with zero attached hydrogens (tertiary/aromatic N) is 5. The Labute approximate surface area is 149 Å². The number of hydrogen-bond donors (Lipinski definition) is 1. The SMILES string of the molecule is CC1Cc2cccc(-n3cnc4c(N)nc(Cl)nc43)c2N1S(C)(=O)=O. The molecule has 1 aliphatic heterocycles. The highest BCUT2D eigenvalue weighted by atomic mass is 35.5. The molecule has 0 saturated heterocycles. The number of halogens is 1. The number of anilines is 2. The van der Waals surface area contributed by atoms with Crippen molar-refractivity contribution in [1.29, 1.82) is 0 Å². The van der Waals surface area contributed by atoms with Crippen molar-refractivity contribution >= 4 is 44.3 Å². The van der Waals surface area contributed by atoms with Crippen molar-refractivity contribution in [1.82, 2.24) is 19.5 Å². The molecule has 1 atom stereocenters. The standard InChI is InChI=1S/C15H15ClN6O2S/c1-8-6-9-4-3-5-10(12(9)22(8)25(2,23)24)21-7-18-11-13(17)19-15(16)20-14(11)21/h3-5,7-8H,6H2,1-2H3,(H2,17,19,20). The number of hydrogen-bond acceptors (Lipinski definition) is 6. The lowest BCUT2D eigenvalue weighted by Crippen LogP contribution is -2.35. The van der Waals surface area contributed by atoms with Crippen LogP contribution in [0, 0.1) is 0 Å². The molecule has 0 bridgehead atoms. The minimum Gasteiger partial charge on any atom is -0.382 e. The van der Waals surface area contributed by atoms with Crippen LogP contribution in [0.4, 0.5) is 11.5 Å². The Bertz CT molecular complexity index is 1110. The summed E-state index contributed by atoms with van der Waals surface area (Å²) in [6.45, 7) is 1.88. The fourth-order valence-corrected chi connectivity index (χ4v) is 4.82. The van der Waals surface area contributed by atoms with Crippen molar-refractivity contribution in [3.05, 3.63) is 35.4 Å². The zero-order valence-electron chi connectivity index (χ0n) is 13.5. The van der Waals surface area contributed by atoms with Gasteiger partial charge in [0.2, 0.25) is 15.3 Å². The van der Waals surface area contributed by atoms with Crippen molar-refractivity contribution < 1.29 is 8.42 Å². The molecule has 2 aromatic heterocycles. The largest absolute Gasteiger partial charge is 0.382 e. The maximum absolute atomic E-state index is 12.3. The molecule has 0 aliphatic carbocycles. The summed E-state index contributed by atoms with van der Waals surface area (Å²) in [5.74, 6) is 0.176. The molecule has 2 N–H and O–H groups in total. The Balaban J connectivity index is 2.03. The maximum atomic E-state index is 12.3. The zero-order chi connectivity index (χ0) is 17.9. The first-order valence-electron chi connectivity index (χ1n) is 7.55. The van der Waals surface area contributed by atoms with Crippen LogP contribution >= 0.6 is 11.6 Å². The first-order chi connectivity index (χ1) is 11.8. The van der Waals surface area contributed by atoms with E-state index in [1.807, 2.05) is 25.1 Å². The Morgan fingerprint density at radius 2 is 2.08 bits per heavy atom. The van der Waals surface area contributed by atoms with Gasteiger partial charge in [-0.25, -0.2) is 13.4 Å². The Hall–Kier alpha value is -2.39. The van der Waals surface area contributed by atoms with E-state index in [-0.39, 0.29) is 17.1 Å². The highest BCUT2D eigenvalue weighted by Gasteiger charge is 2.35. The molecule has 10 heteroatoms. The van der Waals surface area contributed by atoms with Gasteiger partial charge in [-0.3, -0.25) is 8.87 Å². The van der Waals surface area contributed by atoms with Gasteiger partial charge in [0, 0.05) is 6.04 Å². The van der Waals surface area contributed by atoms with Crippen molar-refractivity contribution in [2.45, 2.75) is 19.4 Å². The summed E-state index contributed by atoms with van der Waals surface area (Å²) in [6, 6.07) is 5.47. The number of imidazole rings is 1. The molecule has 1 aliphatic rings. The highest BCUT2D eigenvalue weighted by Crippen LogP contribution is 2.40. The first-order valence-corrected chi connectivity index (χ1v) is 9.77. The molecule has 0 radical (unpaired) electrons. The normalized spacial score (nSPS) is 17.2. The summed E-state index contributed by atoms with van der Waals surface area (Å²) in [6.07, 6.45) is 3.39. The quantitative estimate of drug-likeness (QED) is 0.681. The second-order valence-electron chi connectivity index (χ2n) is 6.06. The van der Waals surface area contributed by atoms with E-state index in [1.54, 1.807) is 10.9 Å². The number of rotatable bonds is 2. The van der Waals surface area contributed by atoms with Crippen LogP contribution in [0.25, 0.3) is 16.9 Å². The van der Waals surface area contributed by atoms with Gasteiger partial charge in [0.25, 0.3) is 0 Å². The molecule has 3 heterocycles. The lowest BCUT2D eigenvalue weighted by molar-refractivity contribution is 0.590. The van der Waals surface area contributed by atoms with Crippen molar-refractivity contribution in [2.24, 2.45) is 0 Å². The molecule has 25 heavy (non-hydrogen) atoms. The fourth-order valence-electron chi connectivity index (χ4n) is 3.38. The monoisotopic (exact) mass is 378 g/mol.